The molecule has 1 aromatic heterocycles. The van der Waals surface area contributed by atoms with Crippen LogP contribution in [0, 0.1) is 0 Å². The number of primary sulfonamides is 1. The maximum Gasteiger partial charge on any atom is 0.416 e. The third-order valence-electron chi connectivity index (χ3n) is 4.36. The first-order chi connectivity index (χ1) is 15.3. The number of carbonyl (C=O) groups is 2. The van der Waals surface area contributed by atoms with Crippen molar-refractivity contribution in [2.75, 3.05) is 5.32 Å². The van der Waals surface area contributed by atoms with Crippen LogP contribution in [0.25, 0.3) is 11.3 Å². The number of rotatable bonds is 6. The van der Waals surface area contributed by atoms with Gasteiger partial charge in [0, 0.05) is 11.3 Å². The molecule has 0 aliphatic rings. The van der Waals surface area contributed by atoms with Gasteiger partial charge in [0.2, 0.25) is 15.8 Å². The van der Waals surface area contributed by atoms with Gasteiger partial charge in [0.05, 0.1) is 10.5 Å². The second kappa shape index (κ2) is 9.08. The zero-order chi connectivity index (χ0) is 24.4. The van der Waals surface area contributed by atoms with Crippen LogP contribution >= 0.6 is 0 Å². The van der Waals surface area contributed by atoms with Crippen LogP contribution in [0.1, 0.15) is 23.0 Å². The van der Waals surface area contributed by atoms with Gasteiger partial charge in [-0.3, -0.25) is 4.79 Å². The Balaban J connectivity index is 1.67. The average molecular weight is 482 g/mol. The van der Waals surface area contributed by atoms with Crippen molar-refractivity contribution in [3.63, 3.8) is 0 Å². The normalized spacial score (nSPS) is 12.8. The second-order valence-electron chi connectivity index (χ2n) is 6.85. The zero-order valence-electron chi connectivity index (χ0n) is 16.9. The van der Waals surface area contributed by atoms with Crippen molar-refractivity contribution in [1.29, 1.82) is 0 Å². The number of furan rings is 1. The molecule has 3 rings (SSSR count). The minimum absolute atomic E-state index is 0.00460. The molecule has 1 amide bonds. The van der Waals surface area contributed by atoms with Gasteiger partial charge in [-0.05, 0) is 49.4 Å². The van der Waals surface area contributed by atoms with Gasteiger partial charge in [0.1, 0.15) is 5.76 Å². The first kappa shape index (κ1) is 24.0. The van der Waals surface area contributed by atoms with Crippen LogP contribution in [0.15, 0.2) is 70.0 Å². The average Bonchev–Trinajstić information content (AvgIpc) is 3.23. The van der Waals surface area contributed by atoms with Gasteiger partial charge in [0.15, 0.2) is 6.10 Å². The highest BCUT2D eigenvalue weighted by molar-refractivity contribution is 7.89. The van der Waals surface area contributed by atoms with Gasteiger partial charge in [-0.25, -0.2) is 18.4 Å². The van der Waals surface area contributed by atoms with Gasteiger partial charge in [-0.1, -0.05) is 18.2 Å². The fourth-order valence-corrected chi connectivity index (χ4v) is 3.28. The van der Waals surface area contributed by atoms with E-state index in [2.05, 4.69) is 5.32 Å². The number of esters is 1. The van der Waals surface area contributed by atoms with E-state index in [0.29, 0.717) is 0 Å². The van der Waals surface area contributed by atoms with E-state index in [1.165, 1.54) is 49.4 Å². The Morgan fingerprint density at radius 3 is 2.42 bits per heavy atom. The predicted molar refractivity (Wildman–Crippen MR) is 110 cm³/mol. The maximum atomic E-state index is 12.9. The number of nitrogens with one attached hydrogen (secondary N) is 1. The minimum Gasteiger partial charge on any atom is -0.449 e. The minimum atomic E-state index is -4.54. The summed E-state index contributed by atoms with van der Waals surface area (Å²) < 4.78 is 71.8. The van der Waals surface area contributed by atoms with Crippen molar-refractivity contribution in [1.82, 2.24) is 0 Å². The van der Waals surface area contributed by atoms with E-state index in [1.807, 2.05) is 0 Å². The SMILES string of the molecule is CC(OC(=O)c1ccc(-c2cccc(C(F)(F)F)c2)o1)C(=O)Nc1cccc(S(N)(=O)=O)c1. The molecule has 1 heterocycles. The van der Waals surface area contributed by atoms with Gasteiger partial charge < -0.3 is 14.5 Å². The number of ether oxygens (including phenoxy) is 1. The van der Waals surface area contributed by atoms with E-state index in [9.17, 15) is 31.2 Å². The molecule has 2 aromatic carbocycles. The van der Waals surface area contributed by atoms with E-state index in [1.54, 1.807) is 0 Å². The summed E-state index contributed by atoms with van der Waals surface area (Å²) in [6.07, 6.45) is -5.85. The van der Waals surface area contributed by atoms with Gasteiger partial charge >= 0.3 is 12.1 Å². The number of carbonyl (C=O) groups excluding carboxylic acids is 2. The summed E-state index contributed by atoms with van der Waals surface area (Å²) in [7, 11) is -3.98. The molecule has 1 unspecified atom stereocenters. The second-order valence-corrected chi connectivity index (χ2v) is 8.41. The Bertz CT molecular complexity index is 1300. The quantitative estimate of drug-likeness (QED) is 0.515. The number of benzene rings is 2. The molecule has 33 heavy (non-hydrogen) atoms. The number of sulfonamides is 1. The molecule has 1 atom stereocenters. The van der Waals surface area contributed by atoms with Crippen LogP contribution in [0.4, 0.5) is 18.9 Å². The van der Waals surface area contributed by atoms with E-state index in [4.69, 9.17) is 14.3 Å². The van der Waals surface area contributed by atoms with Crippen LogP contribution < -0.4 is 10.5 Å². The van der Waals surface area contributed by atoms with Crippen LogP contribution in [-0.2, 0) is 25.7 Å². The first-order valence-corrected chi connectivity index (χ1v) is 10.8. The first-order valence-electron chi connectivity index (χ1n) is 9.27. The van der Waals surface area contributed by atoms with Crippen molar-refractivity contribution in [3.8, 4) is 11.3 Å². The van der Waals surface area contributed by atoms with Gasteiger partial charge in [-0.2, -0.15) is 13.2 Å². The summed E-state index contributed by atoms with van der Waals surface area (Å²) in [4.78, 5) is 24.4. The van der Waals surface area contributed by atoms with Crippen LogP contribution in [-0.4, -0.2) is 26.4 Å². The molecule has 0 radical (unpaired) electrons. The molecule has 0 spiro atoms. The Hall–Kier alpha value is -3.64. The van der Waals surface area contributed by atoms with Crippen LogP contribution in [0.5, 0.6) is 0 Å². The number of anilines is 1. The lowest BCUT2D eigenvalue weighted by molar-refractivity contribution is -0.137. The third-order valence-corrected chi connectivity index (χ3v) is 5.28. The summed E-state index contributed by atoms with van der Waals surface area (Å²) in [5.41, 5.74) is -0.666. The number of alkyl halides is 3. The molecule has 0 saturated carbocycles. The molecule has 0 saturated heterocycles. The molecule has 174 valence electrons. The number of halogens is 3. The molecule has 0 aliphatic carbocycles. The number of hydrogen-bond donors (Lipinski definition) is 2. The molecule has 12 heteroatoms. The Kier molecular flexibility index (Phi) is 6.60. The molecule has 0 bridgehead atoms. The molecule has 0 aliphatic heterocycles. The molecular formula is C21H17F3N2O6S. The van der Waals surface area contributed by atoms with Gasteiger partial charge in [-0.15, -0.1) is 0 Å². The van der Waals surface area contributed by atoms with Crippen molar-refractivity contribution >= 4 is 27.6 Å². The fraction of sp³-hybridized carbons (Fsp3) is 0.143. The maximum absolute atomic E-state index is 12.9. The Morgan fingerprint density at radius 1 is 1.06 bits per heavy atom. The Morgan fingerprint density at radius 2 is 1.76 bits per heavy atom. The van der Waals surface area contributed by atoms with Crippen molar-refractivity contribution in [3.05, 3.63) is 72.0 Å². The lowest BCUT2D eigenvalue weighted by atomic mass is 10.1. The lowest BCUT2D eigenvalue weighted by Gasteiger charge is -2.13. The lowest BCUT2D eigenvalue weighted by Crippen LogP contribution is -2.30. The summed E-state index contributed by atoms with van der Waals surface area (Å²) in [6.45, 7) is 1.27. The van der Waals surface area contributed by atoms with Crippen LogP contribution in [0.3, 0.4) is 0 Å². The number of hydrogen-bond acceptors (Lipinski definition) is 6. The van der Waals surface area contributed by atoms with E-state index < -0.39 is 39.7 Å². The standard InChI is InChI=1S/C21H17F3N2O6S/c1-12(19(27)26-15-6-3-7-16(11-15)33(25,29)30)31-20(28)18-9-8-17(32-18)13-4-2-5-14(10-13)21(22,23)24/h2-12H,1H3,(H,26,27)(H2,25,29,30). The van der Waals surface area contributed by atoms with Crippen molar-refractivity contribution in [2.45, 2.75) is 24.1 Å². The third kappa shape index (κ3) is 5.99. The highest BCUT2D eigenvalue weighted by atomic mass is 32.2. The summed E-state index contributed by atoms with van der Waals surface area (Å²) in [6, 6.07) is 12.0. The van der Waals surface area contributed by atoms with Crippen molar-refractivity contribution < 1.29 is 40.3 Å². The predicted octanol–water partition coefficient (Wildman–Crippen LogP) is 3.80. The molecule has 8 nitrogen and oxygen atoms in total. The Labute approximate surface area is 186 Å². The molecular weight excluding hydrogens is 465 g/mol. The topological polar surface area (TPSA) is 129 Å². The van der Waals surface area contributed by atoms with Crippen molar-refractivity contribution in [2.24, 2.45) is 5.14 Å². The summed E-state index contributed by atoms with van der Waals surface area (Å²) in [5.74, 6) is -2.10. The molecule has 3 aromatic rings. The summed E-state index contributed by atoms with van der Waals surface area (Å²) >= 11 is 0. The number of amides is 1. The van der Waals surface area contributed by atoms with E-state index in [-0.39, 0.29) is 27.7 Å². The smallest absolute Gasteiger partial charge is 0.416 e. The zero-order valence-corrected chi connectivity index (χ0v) is 17.7. The molecule has 0 fully saturated rings. The largest absolute Gasteiger partial charge is 0.449 e. The highest BCUT2D eigenvalue weighted by Gasteiger charge is 2.31. The van der Waals surface area contributed by atoms with E-state index >= 15 is 0 Å². The number of nitrogens with two attached hydrogens (primary N) is 1. The monoisotopic (exact) mass is 482 g/mol. The fourth-order valence-electron chi connectivity index (χ4n) is 2.72. The van der Waals surface area contributed by atoms with Gasteiger partial charge in [0.25, 0.3) is 5.91 Å². The molecule has 3 N–H and O–H groups in total. The van der Waals surface area contributed by atoms with Crippen LogP contribution in [0.2, 0.25) is 0 Å². The van der Waals surface area contributed by atoms with E-state index in [0.717, 1.165) is 18.2 Å². The summed E-state index contributed by atoms with van der Waals surface area (Å²) in [5, 5.41) is 7.43. The highest BCUT2D eigenvalue weighted by Crippen LogP contribution is 2.32.